The summed E-state index contributed by atoms with van der Waals surface area (Å²) >= 11 is 0. The van der Waals surface area contributed by atoms with Gasteiger partial charge in [0, 0.05) is 10.8 Å². The molecule has 41 heavy (non-hydrogen) atoms. The molecule has 0 atom stereocenters. The predicted octanol–water partition coefficient (Wildman–Crippen LogP) is 11.5. The van der Waals surface area contributed by atoms with Gasteiger partial charge in [-0.15, -0.1) is 0 Å². The quantitative estimate of drug-likeness (QED) is 0.204. The summed E-state index contributed by atoms with van der Waals surface area (Å²) in [6, 6.07) is 31.6. The Morgan fingerprint density at radius 3 is 1.83 bits per heavy atom. The molecule has 1 nitrogen and oxygen atoms in total. The molecule has 0 radical (unpaired) electrons. The second kappa shape index (κ2) is 8.55. The van der Waals surface area contributed by atoms with Crippen LogP contribution in [0.1, 0.15) is 9.60 Å². The summed E-state index contributed by atoms with van der Waals surface area (Å²) < 4.78 is 67.6. The lowest BCUT2D eigenvalue weighted by molar-refractivity contribution is 0.669. The number of rotatable bonds is 2. The summed E-state index contributed by atoms with van der Waals surface area (Å²) in [7, 11) is 0. The van der Waals surface area contributed by atoms with Gasteiger partial charge in [0.05, 0.1) is 9.60 Å². The van der Waals surface area contributed by atoms with E-state index in [1.807, 2.05) is 78.9 Å². The molecule has 0 bridgehead atoms. The third-order valence-corrected chi connectivity index (χ3v) is 8.09. The number of hydrogen-bond acceptors (Lipinski definition) is 1. The summed E-state index contributed by atoms with van der Waals surface area (Å²) in [5, 5.41) is 7.34. The molecular formula is C40H24O. The Bertz CT molecular complexity index is 2810. The fourth-order valence-electron chi connectivity index (χ4n) is 6.39. The van der Waals surface area contributed by atoms with Gasteiger partial charge in [-0.3, -0.25) is 0 Å². The highest BCUT2D eigenvalue weighted by Gasteiger charge is 2.21. The van der Waals surface area contributed by atoms with Gasteiger partial charge in [0.25, 0.3) is 0 Å². The van der Waals surface area contributed by atoms with E-state index in [1.165, 1.54) is 0 Å². The summed E-state index contributed by atoms with van der Waals surface area (Å²) in [6.07, 6.45) is 0. The molecule has 0 aliphatic heterocycles. The van der Waals surface area contributed by atoms with Gasteiger partial charge in [-0.05, 0) is 83.5 Å². The average molecular weight is 528 g/mol. The maximum Gasteiger partial charge on any atom is 0.136 e. The Kier molecular flexibility index (Phi) is 3.47. The smallest absolute Gasteiger partial charge is 0.136 e. The van der Waals surface area contributed by atoms with Gasteiger partial charge in [0.1, 0.15) is 11.2 Å². The average Bonchev–Trinajstić information content (AvgIpc) is 3.51. The van der Waals surface area contributed by atoms with Gasteiger partial charge in [0.2, 0.25) is 0 Å². The lowest BCUT2D eigenvalue weighted by atomic mass is 9.84. The first kappa shape index (κ1) is 16.6. The second-order valence-corrected chi connectivity index (χ2v) is 10.3. The van der Waals surface area contributed by atoms with Crippen LogP contribution in [0.4, 0.5) is 0 Å². The van der Waals surface area contributed by atoms with Crippen LogP contribution in [0.15, 0.2) is 150 Å². The van der Waals surface area contributed by atoms with Crippen LogP contribution in [-0.2, 0) is 0 Å². The molecule has 0 amide bonds. The van der Waals surface area contributed by atoms with Gasteiger partial charge in [0.15, 0.2) is 0 Å². The van der Waals surface area contributed by atoms with Crippen LogP contribution in [0.5, 0.6) is 0 Å². The Hall–Kier alpha value is -5.40. The zero-order valence-corrected chi connectivity index (χ0v) is 21.7. The third-order valence-electron chi connectivity index (χ3n) is 8.09. The molecule has 190 valence electrons. The molecule has 0 N–H and O–H groups in total. The van der Waals surface area contributed by atoms with E-state index < -0.39 is 18.1 Å². The van der Waals surface area contributed by atoms with Crippen molar-refractivity contribution >= 4 is 65.0 Å². The normalized spacial score (nSPS) is 14.3. The van der Waals surface area contributed by atoms with E-state index in [0.29, 0.717) is 5.56 Å². The molecule has 0 aliphatic rings. The van der Waals surface area contributed by atoms with Crippen molar-refractivity contribution in [2.75, 3.05) is 0 Å². The fourth-order valence-corrected chi connectivity index (χ4v) is 6.39. The van der Waals surface area contributed by atoms with Crippen molar-refractivity contribution in [3.63, 3.8) is 0 Å². The number of furan rings is 1. The fraction of sp³-hybridized carbons (Fsp3) is 0. The van der Waals surface area contributed by atoms with Crippen LogP contribution in [0.3, 0.4) is 0 Å². The van der Waals surface area contributed by atoms with E-state index in [0.717, 1.165) is 65.4 Å². The molecule has 9 aromatic rings. The minimum atomic E-state index is -0.485. The predicted molar refractivity (Wildman–Crippen MR) is 175 cm³/mol. The first-order valence-electron chi connectivity index (χ1n) is 17.0. The van der Waals surface area contributed by atoms with Gasteiger partial charge < -0.3 is 4.42 Å². The molecule has 1 heteroatoms. The van der Waals surface area contributed by atoms with Crippen molar-refractivity contribution in [3.05, 3.63) is 145 Å². The first-order chi connectivity index (χ1) is 23.3. The molecule has 0 fully saturated rings. The van der Waals surface area contributed by atoms with Gasteiger partial charge in [-0.25, -0.2) is 0 Å². The monoisotopic (exact) mass is 527 g/mol. The van der Waals surface area contributed by atoms with E-state index in [-0.39, 0.29) is 40.5 Å². The van der Waals surface area contributed by atoms with Crippen molar-refractivity contribution in [3.8, 4) is 22.3 Å². The SMILES string of the molecule is [2H]c1c([2H])c([2H])c2c([2H])c(-c3c4ccccc4c(-c4cccc5oc6ccc7ccccc7c6c45)c4ccccc34)c([2H])c([2H])c2c1[2H]. The molecule has 9 rings (SSSR count). The summed E-state index contributed by atoms with van der Waals surface area (Å²) in [5.41, 5.74) is 4.25. The Morgan fingerprint density at radius 2 is 1.07 bits per heavy atom. The van der Waals surface area contributed by atoms with Crippen LogP contribution in [-0.4, -0.2) is 0 Å². The largest absolute Gasteiger partial charge is 0.456 e. The zero-order chi connectivity index (χ0) is 33.0. The minimum Gasteiger partial charge on any atom is -0.456 e. The van der Waals surface area contributed by atoms with Gasteiger partial charge in [-0.2, -0.15) is 0 Å². The molecule has 0 spiro atoms. The zero-order valence-electron chi connectivity index (χ0n) is 28.7. The summed E-state index contributed by atoms with van der Waals surface area (Å²) in [6.45, 7) is 0. The molecule has 8 aromatic carbocycles. The lowest BCUT2D eigenvalue weighted by Crippen LogP contribution is -1.91. The topological polar surface area (TPSA) is 13.1 Å². The standard InChI is InChI=1S/C40H24O/c1-2-12-27-24-28(21-20-25(27)10-1)37-30-14-5-7-16-32(30)38(33-17-8-6-15-31(33)37)34-18-9-19-35-40(34)39-29-13-4-3-11-26(29)22-23-36(39)41-35/h1-24H/i1D,2D,10D,12D,20D,21D,24D. The van der Waals surface area contributed by atoms with Crippen molar-refractivity contribution in [1.82, 2.24) is 0 Å². The second-order valence-electron chi connectivity index (χ2n) is 10.3. The number of hydrogen-bond donors (Lipinski definition) is 0. The molecule has 0 aliphatic carbocycles. The van der Waals surface area contributed by atoms with E-state index in [1.54, 1.807) is 0 Å². The van der Waals surface area contributed by atoms with Gasteiger partial charge >= 0.3 is 0 Å². The number of benzene rings is 8. The van der Waals surface area contributed by atoms with Crippen molar-refractivity contribution < 1.29 is 14.0 Å². The van der Waals surface area contributed by atoms with E-state index in [9.17, 15) is 2.74 Å². The summed E-state index contributed by atoms with van der Waals surface area (Å²) in [5.74, 6) is 0. The summed E-state index contributed by atoms with van der Waals surface area (Å²) in [4.78, 5) is 0. The van der Waals surface area contributed by atoms with E-state index in [2.05, 4.69) is 24.3 Å². The number of fused-ring (bicyclic) bond motifs is 8. The van der Waals surface area contributed by atoms with Crippen molar-refractivity contribution in [1.29, 1.82) is 0 Å². The first-order valence-corrected chi connectivity index (χ1v) is 13.5. The van der Waals surface area contributed by atoms with Crippen molar-refractivity contribution in [2.45, 2.75) is 0 Å². The van der Waals surface area contributed by atoms with Crippen molar-refractivity contribution in [2.24, 2.45) is 0 Å². The molecule has 1 heterocycles. The molecular weight excluding hydrogens is 496 g/mol. The highest BCUT2D eigenvalue weighted by molar-refractivity contribution is 6.28. The molecule has 0 saturated heterocycles. The Labute approximate surface area is 246 Å². The van der Waals surface area contributed by atoms with Crippen LogP contribution >= 0.6 is 0 Å². The van der Waals surface area contributed by atoms with Crippen LogP contribution in [0.25, 0.3) is 87.3 Å². The highest BCUT2D eigenvalue weighted by Crippen LogP contribution is 2.47. The Morgan fingerprint density at radius 1 is 0.439 bits per heavy atom. The van der Waals surface area contributed by atoms with Crippen LogP contribution in [0.2, 0.25) is 0 Å². The van der Waals surface area contributed by atoms with Crippen LogP contribution < -0.4 is 0 Å². The Balaban J connectivity index is 1.48. The maximum absolute atomic E-state index is 9.38. The molecule has 0 unspecified atom stereocenters. The molecule has 0 saturated carbocycles. The van der Waals surface area contributed by atoms with Crippen LogP contribution in [0, 0.1) is 0 Å². The maximum atomic E-state index is 9.38. The lowest BCUT2D eigenvalue weighted by Gasteiger charge is -2.18. The minimum absolute atomic E-state index is 0.0595. The molecule has 1 aromatic heterocycles. The van der Waals surface area contributed by atoms with E-state index in [4.69, 9.17) is 11.3 Å². The van der Waals surface area contributed by atoms with Gasteiger partial charge in [-0.1, -0.05) is 127 Å². The van der Waals surface area contributed by atoms with E-state index >= 15 is 0 Å². The third kappa shape index (κ3) is 3.24. The highest BCUT2D eigenvalue weighted by atomic mass is 16.3.